The first-order valence-electron chi connectivity index (χ1n) is 5.70. The van der Waals surface area contributed by atoms with Gasteiger partial charge in [0, 0.05) is 0 Å². The van der Waals surface area contributed by atoms with Crippen molar-refractivity contribution < 1.29 is 20.1 Å². The third kappa shape index (κ3) is 1.92. The first kappa shape index (κ1) is 12.2. The largest absolute Gasteiger partial charge is 0.388 e. The summed E-state index contributed by atoms with van der Waals surface area (Å²) in [5, 5.41) is 28.9. The summed E-state index contributed by atoms with van der Waals surface area (Å²) < 4.78 is 5.26. The first-order chi connectivity index (χ1) is 9.08. The lowest BCUT2D eigenvalue weighted by Crippen LogP contribution is -2.49. The average Bonchev–Trinajstić information content (AvgIpc) is 2.85. The van der Waals surface area contributed by atoms with E-state index in [1.54, 1.807) is 0 Å². The van der Waals surface area contributed by atoms with Crippen molar-refractivity contribution in [1.82, 2.24) is 19.9 Å². The minimum Gasteiger partial charge on any atom is -0.388 e. The molecule has 0 radical (unpaired) electrons. The molecule has 0 amide bonds. The van der Waals surface area contributed by atoms with Crippen LogP contribution in [0.1, 0.15) is 11.9 Å². The Morgan fingerprint density at radius 1 is 1.26 bits per heavy atom. The molecule has 3 rings (SSSR count). The zero-order valence-corrected chi connectivity index (χ0v) is 9.76. The maximum atomic E-state index is 9.89. The number of rotatable bonds is 1. The van der Waals surface area contributed by atoms with E-state index in [2.05, 4.69) is 19.9 Å². The Kier molecular flexibility index (Phi) is 2.82. The number of ether oxygens (including phenoxy) is 1. The van der Waals surface area contributed by atoms with Gasteiger partial charge in [0.2, 0.25) is 0 Å². The molecule has 1 fully saturated rings. The van der Waals surface area contributed by atoms with Gasteiger partial charge in [0.1, 0.15) is 29.9 Å². The summed E-state index contributed by atoms with van der Waals surface area (Å²) in [6, 6.07) is 0. The van der Waals surface area contributed by atoms with Gasteiger partial charge in [-0.2, -0.15) is 0 Å². The van der Waals surface area contributed by atoms with Crippen LogP contribution < -0.4 is 5.73 Å². The molecule has 3 heterocycles. The number of nitrogens with two attached hydrogens (primary N) is 1. The maximum Gasteiger partial charge on any atom is 0.183 e. The number of aromatic nitrogens is 4. The molecule has 1 aliphatic rings. The zero-order valence-electron chi connectivity index (χ0n) is 9.76. The molecule has 0 aliphatic carbocycles. The third-order valence-electron chi connectivity index (χ3n) is 3.09. The molecule has 6 N–H and O–H groups in total. The smallest absolute Gasteiger partial charge is 0.183 e. The summed E-state index contributed by atoms with van der Waals surface area (Å²) in [5.74, 6) is 0.296. The van der Waals surface area contributed by atoms with Gasteiger partial charge in [-0.15, -0.1) is 0 Å². The van der Waals surface area contributed by atoms with Crippen LogP contribution in [0.3, 0.4) is 0 Å². The summed E-state index contributed by atoms with van der Waals surface area (Å²) in [6.45, 7) is -0.120. The predicted octanol–water partition coefficient (Wildman–Crippen LogP) is -1.91. The van der Waals surface area contributed by atoms with Gasteiger partial charge in [0.05, 0.1) is 12.9 Å². The van der Waals surface area contributed by atoms with Crippen LogP contribution in [0.25, 0.3) is 11.2 Å². The number of hydrogen-bond donors (Lipinski definition) is 5. The molecule has 19 heavy (non-hydrogen) atoms. The summed E-state index contributed by atoms with van der Waals surface area (Å²) in [6.07, 6.45) is -3.33. The lowest BCUT2D eigenvalue weighted by molar-refractivity contribution is -0.191. The van der Waals surface area contributed by atoms with Gasteiger partial charge in [0.15, 0.2) is 17.3 Å². The van der Waals surface area contributed by atoms with Crippen LogP contribution in [0.15, 0.2) is 6.33 Å². The molecular formula is C10H13N5O4. The Balaban J connectivity index is 1.99. The van der Waals surface area contributed by atoms with Crippen molar-refractivity contribution >= 4 is 17.0 Å². The zero-order chi connectivity index (χ0) is 13.6. The van der Waals surface area contributed by atoms with Crippen LogP contribution in [0.5, 0.6) is 0 Å². The Morgan fingerprint density at radius 3 is 2.84 bits per heavy atom. The van der Waals surface area contributed by atoms with Gasteiger partial charge < -0.3 is 30.8 Å². The van der Waals surface area contributed by atoms with Crippen molar-refractivity contribution in [2.75, 3.05) is 12.3 Å². The molecule has 0 unspecified atom stereocenters. The highest BCUT2D eigenvalue weighted by atomic mass is 16.5. The Bertz CT molecular complexity index is 603. The fraction of sp³-hybridized carbons (Fsp3) is 0.500. The molecule has 2 aromatic rings. The quantitative estimate of drug-likeness (QED) is 0.401. The van der Waals surface area contributed by atoms with E-state index in [-0.39, 0.29) is 18.2 Å². The fourth-order valence-electron chi connectivity index (χ4n) is 2.03. The van der Waals surface area contributed by atoms with E-state index in [1.807, 2.05) is 0 Å². The molecule has 0 aromatic carbocycles. The molecule has 0 spiro atoms. The summed E-state index contributed by atoms with van der Waals surface area (Å²) in [4.78, 5) is 14.9. The molecule has 1 saturated heterocycles. The number of H-pyrrole nitrogens is 1. The topological polar surface area (TPSA) is 150 Å². The van der Waals surface area contributed by atoms with E-state index in [4.69, 9.17) is 10.5 Å². The first-order valence-corrected chi connectivity index (χ1v) is 5.70. The van der Waals surface area contributed by atoms with Crippen molar-refractivity contribution in [3.8, 4) is 0 Å². The normalized spacial score (nSPS) is 31.7. The highest BCUT2D eigenvalue weighted by Crippen LogP contribution is 2.28. The minimum absolute atomic E-state index is 0.120. The van der Waals surface area contributed by atoms with E-state index in [1.165, 1.54) is 6.33 Å². The highest BCUT2D eigenvalue weighted by Gasteiger charge is 2.40. The Labute approximate surface area is 107 Å². The molecular weight excluding hydrogens is 254 g/mol. The van der Waals surface area contributed by atoms with Crippen molar-refractivity contribution in [3.63, 3.8) is 0 Å². The SMILES string of the molecule is Nc1nc([C@@H]2OC[C@@H](O)[C@@H](O)[C@@H]2O)nc2nc[nH]c12. The van der Waals surface area contributed by atoms with E-state index >= 15 is 0 Å². The number of aliphatic hydroxyl groups excluding tert-OH is 3. The number of aromatic amines is 1. The number of imidazole rings is 1. The maximum absolute atomic E-state index is 9.89. The molecule has 0 saturated carbocycles. The van der Waals surface area contributed by atoms with Gasteiger partial charge in [-0.25, -0.2) is 15.0 Å². The summed E-state index contributed by atoms with van der Waals surface area (Å²) >= 11 is 0. The number of fused-ring (bicyclic) bond motifs is 1. The van der Waals surface area contributed by atoms with Crippen molar-refractivity contribution in [1.29, 1.82) is 0 Å². The van der Waals surface area contributed by atoms with E-state index < -0.39 is 24.4 Å². The number of aliphatic hydroxyl groups is 3. The van der Waals surface area contributed by atoms with E-state index in [0.29, 0.717) is 11.2 Å². The second kappa shape index (κ2) is 4.38. The molecule has 0 bridgehead atoms. The van der Waals surface area contributed by atoms with Gasteiger partial charge in [-0.1, -0.05) is 0 Å². The van der Waals surface area contributed by atoms with Gasteiger partial charge in [0.25, 0.3) is 0 Å². The van der Waals surface area contributed by atoms with E-state index in [9.17, 15) is 15.3 Å². The Morgan fingerprint density at radius 2 is 2.05 bits per heavy atom. The Hall–Kier alpha value is -1.81. The second-order valence-electron chi connectivity index (χ2n) is 4.37. The lowest BCUT2D eigenvalue weighted by Gasteiger charge is -2.34. The summed E-state index contributed by atoms with van der Waals surface area (Å²) in [5.41, 5.74) is 6.59. The molecule has 4 atom stereocenters. The van der Waals surface area contributed by atoms with Crippen LogP contribution in [-0.4, -0.2) is 60.2 Å². The molecule has 9 nitrogen and oxygen atoms in total. The van der Waals surface area contributed by atoms with Crippen LogP contribution in [-0.2, 0) is 4.74 Å². The van der Waals surface area contributed by atoms with Crippen molar-refractivity contribution in [2.45, 2.75) is 24.4 Å². The van der Waals surface area contributed by atoms with Gasteiger partial charge >= 0.3 is 0 Å². The van der Waals surface area contributed by atoms with Gasteiger partial charge in [-0.3, -0.25) is 0 Å². The van der Waals surface area contributed by atoms with Crippen molar-refractivity contribution in [2.24, 2.45) is 0 Å². The number of nitrogens with zero attached hydrogens (tertiary/aromatic N) is 3. The average molecular weight is 267 g/mol. The van der Waals surface area contributed by atoms with Crippen molar-refractivity contribution in [3.05, 3.63) is 12.2 Å². The molecule has 9 heteroatoms. The van der Waals surface area contributed by atoms with Crippen LogP contribution in [0.2, 0.25) is 0 Å². The predicted molar refractivity (Wildman–Crippen MR) is 62.8 cm³/mol. The molecule has 2 aromatic heterocycles. The van der Waals surface area contributed by atoms with Crippen LogP contribution >= 0.6 is 0 Å². The van der Waals surface area contributed by atoms with Crippen LogP contribution in [0, 0.1) is 0 Å². The van der Waals surface area contributed by atoms with Crippen LogP contribution in [0.4, 0.5) is 5.82 Å². The molecule has 102 valence electrons. The lowest BCUT2D eigenvalue weighted by atomic mass is 9.99. The third-order valence-corrected chi connectivity index (χ3v) is 3.09. The fourth-order valence-corrected chi connectivity index (χ4v) is 2.03. The van der Waals surface area contributed by atoms with Gasteiger partial charge in [-0.05, 0) is 0 Å². The monoisotopic (exact) mass is 267 g/mol. The van der Waals surface area contributed by atoms with E-state index in [0.717, 1.165) is 0 Å². The minimum atomic E-state index is -1.33. The number of nitrogen functional groups attached to an aromatic ring is 1. The summed E-state index contributed by atoms with van der Waals surface area (Å²) in [7, 11) is 0. The number of anilines is 1. The number of nitrogens with one attached hydrogen (secondary N) is 1. The highest BCUT2D eigenvalue weighted by molar-refractivity contribution is 5.80. The second-order valence-corrected chi connectivity index (χ2v) is 4.37. The standard InChI is InChI=1S/C10H13N5O4/c11-8-4-9(13-2-12-4)15-10(14-8)7-6(18)5(17)3(16)1-19-7/h2-3,5-7,16-18H,1H2,(H3,11,12,13,14,15)/t3-,5-,6+,7-/m1/s1. The number of hydrogen-bond acceptors (Lipinski definition) is 8. The molecule has 1 aliphatic heterocycles.